The van der Waals surface area contributed by atoms with E-state index in [9.17, 15) is 13.9 Å². The SMILES string of the molecule is CC(O)c1ccc(Oc2ccc(F)cc2F)cn1. The van der Waals surface area contributed by atoms with Crippen LogP contribution in [0.25, 0.3) is 0 Å². The van der Waals surface area contributed by atoms with Gasteiger partial charge < -0.3 is 9.84 Å². The molecule has 1 atom stereocenters. The minimum atomic E-state index is -0.783. The van der Waals surface area contributed by atoms with Gasteiger partial charge in [-0.3, -0.25) is 4.98 Å². The van der Waals surface area contributed by atoms with Crippen LogP contribution < -0.4 is 4.74 Å². The lowest BCUT2D eigenvalue weighted by Gasteiger charge is -2.08. The lowest BCUT2D eigenvalue weighted by molar-refractivity contribution is 0.194. The molecule has 1 unspecified atom stereocenters. The average molecular weight is 251 g/mol. The van der Waals surface area contributed by atoms with Gasteiger partial charge in [-0.1, -0.05) is 0 Å². The highest BCUT2D eigenvalue weighted by Gasteiger charge is 2.07. The fourth-order valence-electron chi connectivity index (χ4n) is 1.38. The van der Waals surface area contributed by atoms with Gasteiger partial charge in [0, 0.05) is 6.07 Å². The molecule has 0 amide bonds. The van der Waals surface area contributed by atoms with Crippen molar-refractivity contribution in [2.75, 3.05) is 0 Å². The summed E-state index contributed by atoms with van der Waals surface area (Å²) >= 11 is 0. The molecule has 0 saturated carbocycles. The van der Waals surface area contributed by atoms with E-state index in [0.29, 0.717) is 11.4 Å². The van der Waals surface area contributed by atoms with Gasteiger partial charge in [-0.2, -0.15) is 0 Å². The van der Waals surface area contributed by atoms with E-state index in [0.717, 1.165) is 12.1 Å². The van der Waals surface area contributed by atoms with Gasteiger partial charge in [0.2, 0.25) is 0 Å². The smallest absolute Gasteiger partial charge is 0.168 e. The van der Waals surface area contributed by atoms with Crippen molar-refractivity contribution in [2.24, 2.45) is 0 Å². The summed E-state index contributed by atoms with van der Waals surface area (Å²) in [6.07, 6.45) is 0.687. The quantitative estimate of drug-likeness (QED) is 0.910. The summed E-state index contributed by atoms with van der Waals surface area (Å²) in [5.74, 6) is -1.22. The van der Waals surface area contributed by atoms with E-state index in [4.69, 9.17) is 4.74 Å². The lowest BCUT2D eigenvalue weighted by Crippen LogP contribution is -1.95. The van der Waals surface area contributed by atoms with E-state index in [1.54, 1.807) is 19.1 Å². The number of nitrogens with zero attached hydrogens (tertiary/aromatic N) is 1. The van der Waals surface area contributed by atoms with E-state index in [1.165, 1.54) is 12.3 Å². The number of halogens is 2. The largest absolute Gasteiger partial charge is 0.453 e. The minimum absolute atomic E-state index is 0.0806. The van der Waals surface area contributed by atoms with Crippen molar-refractivity contribution in [3.63, 3.8) is 0 Å². The van der Waals surface area contributed by atoms with Gasteiger partial charge in [-0.15, -0.1) is 0 Å². The molecule has 18 heavy (non-hydrogen) atoms. The highest BCUT2D eigenvalue weighted by atomic mass is 19.1. The summed E-state index contributed by atoms with van der Waals surface area (Å²) in [5.41, 5.74) is 0.488. The summed E-state index contributed by atoms with van der Waals surface area (Å²) in [6.45, 7) is 1.59. The number of pyridine rings is 1. The van der Waals surface area contributed by atoms with Crippen molar-refractivity contribution in [3.05, 3.63) is 53.9 Å². The normalized spacial score (nSPS) is 12.2. The first-order valence-electron chi connectivity index (χ1n) is 5.33. The van der Waals surface area contributed by atoms with Crippen LogP contribution in [-0.2, 0) is 0 Å². The van der Waals surface area contributed by atoms with Crippen LogP contribution in [0.1, 0.15) is 18.7 Å². The number of rotatable bonds is 3. The van der Waals surface area contributed by atoms with Crippen molar-refractivity contribution in [3.8, 4) is 11.5 Å². The van der Waals surface area contributed by atoms with Crippen LogP contribution in [0.2, 0.25) is 0 Å². The third-order valence-corrected chi connectivity index (χ3v) is 2.31. The molecule has 1 aromatic heterocycles. The Bertz CT molecular complexity index is 541. The number of aliphatic hydroxyl groups is 1. The Kier molecular flexibility index (Phi) is 3.53. The molecule has 0 bridgehead atoms. The molecule has 2 rings (SSSR count). The predicted molar refractivity (Wildman–Crippen MR) is 61.3 cm³/mol. The van der Waals surface area contributed by atoms with Gasteiger partial charge in [0.15, 0.2) is 11.6 Å². The standard InChI is InChI=1S/C13H11F2NO2/c1-8(17)12-4-3-10(7-16-12)18-13-5-2-9(14)6-11(13)15/h2-8,17H,1H3. The molecule has 2 aromatic rings. The zero-order valence-corrected chi connectivity index (χ0v) is 9.60. The summed E-state index contributed by atoms with van der Waals surface area (Å²) < 4.78 is 31.2. The second kappa shape index (κ2) is 5.10. The first kappa shape index (κ1) is 12.4. The maximum absolute atomic E-state index is 13.3. The second-order valence-electron chi connectivity index (χ2n) is 3.77. The maximum atomic E-state index is 13.3. The lowest BCUT2D eigenvalue weighted by atomic mass is 10.2. The van der Waals surface area contributed by atoms with E-state index in [-0.39, 0.29) is 5.75 Å². The molecule has 0 fully saturated rings. The highest BCUT2D eigenvalue weighted by molar-refractivity contribution is 5.31. The van der Waals surface area contributed by atoms with Crippen LogP contribution in [-0.4, -0.2) is 10.1 Å². The van der Waals surface area contributed by atoms with Crippen LogP contribution >= 0.6 is 0 Å². The first-order chi connectivity index (χ1) is 8.56. The molecule has 0 aliphatic rings. The third-order valence-electron chi connectivity index (χ3n) is 2.31. The number of hydrogen-bond acceptors (Lipinski definition) is 3. The van der Waals surface area contributed by atoms with Gasteiger partial charge in [-0.05, 0) is 31.2 Å². The number of benzene rings is 1. The molecule has 1 N–H and O–H groups in total. The van der Waals surface area contributed by atoms with E-state index < -0.39 is 17.7 Å². The summed E-state index contributed by atoms with van der Waals surface area (Å²) in [4.78, 5) is 3.95. The molecule has 1 heterocycles. The van der Waals surface area contributed by atoms with Gasteiger partial charge in [0.25, 0.3) is 0 Å². The van der Waals surface area contributed by atoms with Crippen LogP contribution in [0.5, 0.6) is 11.5 Å². The molecule has 1 aromatic carbocycles. The van der Waals surface area contributed by atoms with Crippen LogP contribution in [0, 0.1) is 11.6 Å². The summed E-state index contributed by atoms with van der Waals surface area (Å²) in [5, 5.41) is 9.27. The molecule has 94 valence electrons. The second-order valence-corrected chi connectivity index (χ2v) is 3.77. The molecule has 0 aliphatic heterocycles. The van der Waals surface area contributed by atoms with Crippen molar-refractivity contribution in [1.29, 1.82) is 0 Å². The van der Waals surface area contributed by atoms with Gasteiger partial charge >= 0.3 is 0 Å². The Labute approximate surface area is 103 Å². The van der Waals surface area contributed by atoms with Crippen LogP contribution in [0.4, 0.5) is 8.78 Å². The fraction of sp³-hybridized carbons (Fsp3) is 0.154. The number of aromatic nitrogens is 1. The Hall–Kier alpha value is -2.01. The average Bonchev–Trinajstić information content (AvgIpc) is 2.33. The first-order valence-corrected chi connectivity index (χ1v) is 5.33. The van der Waals surface area contributed by atoms with Crippen molar-refractivity contribution in [2.45, 2.75) is 13.0 Å². The van der Waals surface area contributed by atoms with E-state index >= 15 is 0 Å². The monoisotopic (exact) mass is 251 g/mol. The topological polar surface area (TPSA) is 42.4 Å². The maximum Gasteiger partial charge on any atom is 0.168 e. The van der Waals surface area contributed by atoms with Crippen molar-refractivity contribution in [1.82, 2.24) is 4.98 Å². The Morgan fingerprint density at radius 1 is 1.22 bits per heavy atom. The molecule has 3 nitrogen and oxygen atoms in total. The Balaban J connectivity index is 2.18. The van der Waals surface area contributed by atoms with E-state index in [1.807, 2.05) is 0 Å². The molecular weight excluding hydrogens is 240 g/mol. The fourth-order valence-corrected chi connectivity index (χ4v) is 1.38. The zero-order valence-electron chi connectivity index (χ0n) is 9.60. The number of hydrogen-bond donors (Lipinski definition) is 1. The van der Waals surface area contributed by atoms with Crippen LogP contribution in [0.3, 0.4) is 0 Å². The number of ether oxygens (including phenoxy) is 1. The molecule has 0 radical (unpaired) electrons. The zero-order chi connectivity index (χ0) is 13.1. The van der Waals surface area contributed by atoms with Crippen LogP contribution in [0.15, 0.2) is 36.5 Å². The van der Waals surface area contributed by atoms with Crippen molar-refractivity contribution >= 4 is 0 Å². The predicted octanol–water partition coefficient (Wildman–Crippen LogP) is 3.21. The van der Waals surface area contributed by atoms with Gasteiger partial charge in [0.1, 0.15) is 11.6 Å². The molecule has 0 saturated heterocycles. The van der Waals surface area contributed by atoms with Gasteiger partial charge in [0.05, 0.1) is 18.0 Å². The Morgan fingerprint density at radius 2 is 2.00 bits per heavy atom. The molecule has 0 spiro atoms. The summed E-state index contributed by atoms with van der Waals surface area (Å²) in [6, 6.07) is 6.18. The Morgan fingerprint density at radius 3 is 2.56 bits per heavy atom. The number of aliphatic hydroxyl groups excluding tert-OH is 1. The summed E-state index contributed by atoms with van der Waals surface area (Å²) in [7, 11) is 0. The van der Waals surface area contributed by atoms with E-state index in [2.05, 4.69) is 4.98 Å². The van der Waals surface area contributed by atoms with Crippen molar-refractivity contribution < 1.29 is 18.6 Å². The molecule has 0 aliphatic carbocycles. The van der Waals surface area contributed by atoms with Gasteiger partial charge in [-0.25, -0.2) is 8.78 Å². The molecular formula is C13H11F2NO2. The molecule has 5 heteroatoms. The highest BCUT2D eigenvalue weighted by Crippen LogP contribution is 2.25. The minimum Gasteiger partial charge on any atom is -0.453 e. The third kappa shape index (κ3) is 2.81.